The fraction of sp³-hybridized carbons (Fsp3) is 0.286. The van der Waals surface area contributed by atoms with Crippen molar-refractivity contribution in [2.75, 3.05) is 6.61 Å². The van der Waals surface area contributed by atoms with Crippen LogP contribution in [0.1, 0.15) is 31.7 Å². The summed E-state index contributed by atoms with van der Waals surface area (Å²) in [5.74, 6) is -0.0000292. The molecule has 1 aliphatic rings. The normalized spacial score (nSPS) is 16.9. The van der Waals surface area contributed by atoms with Crippen LogP contribution in [-0.2, 0) is 9.53 Å². The van der Waals surface area contributed by atoms with E-state index in [4.69, 9.17) is 9.72 Å². The molecule has 0 radical (unpaired) electrons. The molecule has 4 rings (SSSR count). The molecule has 0 amide bonds. The van der Waals surface area contributed by atoms with E-state index in [2.05, 4.69) is 13.8 Å². The van der Waals surface area contributed by atoms with Gasteiger partial charge in [0.1, 0.15) is 5.25 Å². The fourth-order valence-corrected chi connectivity index (χ4v) is 4.37. The molecule has 1 fully saturated rings. The average molecular weight is 380 g/mol. The molecule has 27 heavy (non-hydrogen) atoms. The number of aromatic nitrogens is 2. The molecule has 1 aliphatic heterocycles. The van der Waals surface area contributed by atoms with Gasteiger partial charge >= 0.3 is 5.97 Å². The van der Waals surface area contributed by atoms with Gasteiger partial charge in [0.15, 0.2) is 5.16 Å². The quantitative estimate of drug-likeness (QED) is 0.507. The molecule has 1 atom stereocenters. The van der Waals surface area contributed by atoms with Crippen molar-refractivity contribution in [2.24, 2.45) is 0 Å². The molecule has 2 heterocycles. The topological polar surface area (TPSA) is 61.2 Å². The van der Waals surface area contributed by atoms with Crippen LogP contribution < -0.4 is 5.56 Å². The molecule has 0 saturated carbocycles. The Bertz CT molecular complexity index is 1070. The molecule has 2 aromatic carbocycles. The average Bonchev–Trinajstić information content (AvgIpc) is 3.07. The second kappa shape index (κ2) is 7.19. The Balaban J connectivity index is 1.97. The van der Waals surface area contributed by atoms with Gasteiger partial charge in [0, 0.05) is 6.42 Å². The molecule has 0 spiro atoms. The number of carbonyl (C=O) groups excluding carboxylic acids is 1. The number of cyclic esters (lactones) is 1. The number of ether oxygens (including phenoxy) is 1. The number of fused-ring (bicyclic) bond motifs is 1. The van der Waals surface area contributed by atoms with E-state index in [-0.39, 0.29) is 22.7 Å². The van der Waals surface area contributed by atoms with Crippen LogP contribution in [0.5, 0.6) is 0 Å². The van der Waals surface area contributed by atoms with E-state index >= 15 is 0 Å². The summed E-state index contributed by atoms with van der Waals surface area (Å²) < 4.78 is 6.73. The molecule has 0 bridgehead atoms. The van der Waals surface area contributed by atoms with E-state index in [0.29, 0.717) is 29.1 Å². The third-order valence-corrected chi connectivity index (χ3v) is 5.88. The Morgan fingerprint density at radius 2 is 1.85 bits per heavy atom. The molecule has 1 saturated heterocycles. The summed E-state index contributed by atoms with van der Waals surface area (Å²) in [6.07, 6.45) is 0.623. The summed E-state index contributed by atoms with van der Waals surface area (Å²) in [5.41, 5.74) is 2.38. The van der Waals surface area contributed by atoms with Crippen LogP contribution in [0.4, 0.5) is 0 Å². The minimum absolute atomic E-state index is 0.123. The van der Waals surface area contributed by atoms with Crippen molar-refractivity contribution < 1.29 is 9.53 Å². The zero-order valence-electron chi connectivity index (χ0n) is 15.2. The lowest BCUT2D eigenvalue weighted by Gasteiger charge is -2.18. The van der Waals surface area contributed by atoms with Gasteiger partial charge in [-0.1, -0.05) is 55.9 Å². The number of hydrogen-bond donors (Lipinski definition) is 0. The van der Waals surface area contributed by atoms with E-state index in [1.807, 2.05) is 42.5 Å². The molecule has 3 aromatic rings. The molecular formula is C21H20N2O3S. The van der Waals surface area contributed by atoms with Crippen LogP contribution in [0.2, 0.25) is 0 Å². The predicted octanol–water partition coefficient (Wildman–Crippen LogP) is 3.92. The van der Waals surface area contributed by atoms with Crippen LogP contribution in [0.3, 0.4) is 0 Å². The third-order valence-electron chi connectivity index (χ3n) is 4.68. The lowest BCUT2D eigenvalue weighted by atomic mass is 10.0. The number of thioether (sulfide) groups is 1. The molecule has 1 aromatic heterocycles. The zero-order chi connectivity index (χ0) is 19.0. The van der Waals surface area contributed by atoms with Crippen molar-refractivity contribution in [3.05, 3.63) is 64.4 Å². The zero-order valence-corrected chi connectivity index (χ0v) is 16.0. The van der Waals surface area contributed by atoms with Crippen molar-refractivity contribution >= 4 is 28.6 Å². The monoisotopic (exact) mass is 380 g/mol. The summed E-state index contributed by atoms with van der Waals surface area (Å²) in [7, 11) is 0. The predicted molar refractivity (Wildman–Crippen MR) is 107 cm³/mol. The molecular weight excluding hydrogens is 360 g/mol. The van der Waals surface area contributed by atoms with Gasteiger partial charge in [-0.25, -0.2) is 4.98 Å². The van der Waals surface area contributed by atoms with Gasteiger partial charge in [-0.05, 0) is 29.7 Å². The Hall–Kier alpha value is -2.60. The standard InChI is InChI=1S/C21H20N2O3S/c1-13(2)14-7-4-6-10-17(14)23-19(24)15-8-3-5-9-16(15)22-21(23)27-18-11-12-26-20(18)25/h3-10,13,18H,11-12H2,1-2H3/t18-/m1/s1. The van der Waals surface area contributed by atoms with Gasteiger partial charge in [0.05, 0.1) is 23.2 Å². The van der Waals surface area contributed by atoms with Crippen LogP contribution in [0.25, 0.3) is 16.6 Å². The molecule has 0 N–H and O–H groups in total. The van der Waals surface area contributed by atoms with E-state index in [9.17, 15) is 9.59 Å². The van der Waals surface area contributed by atoms with Gasteiger partial charge < -0.3 is 4.74 Å². The highest BCUT2D eigenvalue weighted by Crippen LogP contribution is 2.32. The first-order chi connectivity index (χ1) is 13.1. The number of nitrogens with zero attached hydrogens (tertiary/aromatic N) is 2. The highest BCUT2D eigenvalue weighted by atomic mass is 32.2. The van der Waals surface area contributed by atoms with Crippen LogP contribution in [0, 0.1) is 0 Å². The molecule has 0 aliphatic carbocycles. The summed E-state index contributed by atoms with van der Waals surface area (Å²) in [6, 6.07) is 15.2. The number of benzene rings is 2. The Morgan fingerprint density at radius 3 is 2.59 bits per heavy atom. The molecule has 5 nitrogen and oxygen atoms in total. The third kappa shape index (κ3) is 3.25. The summed E-state index contributed by atoms with van der Waals surface area (Å²) >= 11 is 1.31. The second-order valence-corrected chi connectivity index (χ2v) is 8.00. The first-order valence-electron chi connectivity index (χ1n) is 9.00. The SMILES string of the molecule is CC(C)c1ccccc1-n1c(S[C@@H]2CCOC2=O)nc2ccccc2c1=O. The van der Waals surface area contributed by atoms with Crippen molar-refractivity contribution in [1.82, 2.24) is 9.55 Å². The largest absolute Gasteiger partial charge is 0.465 e. The maximum Gasteiger partial charge on any atom is 0.319 e. The molecule has 138 valence electrons. The lowest BCUT2D eigenvalue weighted by Crippen LogP contribution is -2.24. The van der Waals surface area contributed by atoms with Gasteiger partial charge in [-0.2, -0.15) is 0 Å². The molecule has 0 unspecified atom stereocenters. The minimum Gasteiger partial charge on any atom is -0.465 e. The van der Waals surface area contributed by atoms with Gasteiger partial charge in [-0.3, -0.25) is 14.2 Å². The van der Waals surface area contributed by atoms with Crippen molar-refractivity contribution in [2.45, 2.75) is 36.6 Å². The lowest BCUT2D eigenvalue weighted by molar-refractivity contribution is -0.137. The Kier molecular flexibility index (Phi) is 4.74. The number of carbonyl (C=O) groups is 1. The Labute approximate surface area is 161 Å². The van der Waals surface area contributed by atoms with Crippen molar-refractivity contribution in [1.29, 1.82) is 0 Å². The fourth-order valence-electron chi connectivity index (χ4n) is 3.29. The van der Waals surface area contributed by atoms with Gasteiger partial charge in [0.2, 0.25) is 0 Å². The van der Waals surface area contributed by atoms with E-state index < -0.39 is 0 Å². The smallest absolute Gasteiger partial charge is 0.319 e. The van der Waals surface area contributed by atoms with E-state index in [1.54, 1.807) is 10.6 Å². The van der Waals surface area contributed by atoms with Crippen LogP contribution in [-0.4, -0.2) is 27.4 Å². The Morgan fingerprint density at radius 1 is 1.11 bits per heavy atom. The highest BCUT2D eigenvalue weighted by Gasteiger charge is 2.30. The van der Waals surface area contributed by atoms with Crippen molar-refractivity contribution in [3.63, 3.8) is 0 Å². The van der Waals surface area contributed by atoms with Crippen LogP contribution >= 0.6 is 11.8 Å². The first kappa shape index (κ1) is 17.8. The summed E-state index contributed by atoms with van der Waals surface area (Å²) in [6.45, 7) is 4.61. The number of rotatable bonds is 4. The molecule has 6 heteroatoms. The van der Waals surface area contributed by atoms with Crippen LogP contribution in [0.15, 0.2) is 58.5 Å². The van der Waals surface area contributed by atoms with E-state index in [0.717, 1.165) is 11.3 Å². The highest BCUT2D eigenvalue weighted by molar-refractivity contribution is 8.00. The van der Waals surface area contributed by atoms with E-state index in [1.165, 1.54) is 11.8 Å². The summed E-state index contributed by atoms with van der Waals surface area (Å²) in [4.78, 5) is 30.1. The maximum absolute atomic E-state index is 13.4. The van der Waals surface area contributed by atoms with Gasteiger partial charge in [0.25, 0.3) is 5.56 Å². The summed E-state index contributed by atoms with van der Waals surface area (Å²) in [5, 5.41) is 0.751. The van der Waals surface area contributed by atoms with Gasteiger partial charge in [-0.15, -0.1) is 0 Å². The minimum atomic E-state index is -0.337. The second-order valence-electron chi connectivity index (χ2n) is 6.83. The number of hydrogen-bond acceptors (Lipinski definition) is 5. The number of para-hydroxylation sites is 2. The van der Waals surface area contributed by atoms with Crippen molar-refractivity contribution in [3.8, 4) is 5.69 Å². The number of esters is 1. The first-order valence-corrected chi connectivity index (χ1v) is 9.88. The maximum atomic E-state index is 13.4.